The molecule has 0 saturated carbocycles. The average Bonchev–Trinajstić information content (AvgIpc) is 3.73. The molecule has 44 heavy (non-hydrogen) atoms. The Morgan fingerprint density at radius 2 is 1.64 bits per heavy atom. The Bertz CT molecular complexity index is 1400. The molecule has 1 amide bonds. The molecule has 4 rings (SSSR count). The number of hydrogen-bond donors (Lipinski definition) is 2. The normalized spacial score (nSPS) is 18.4. The molecule has 2 heterocycles. The molecule has 13 heteroatoms. The van der Waals surface area contributed by atoms with Gasteiger partial charge in [-0.3, -0.25) is 10.7 Å². The number of alkyl carbamates (subject to hydrolysis) is 1. The summed E-state index contributed by atoms with van der Waals surface area (Å²) in [6.45, 7) is 5.57. The zero-order valence-corrected chi connectivity index (χ0v) is 26.2. The number of carbonyl (C=O) groups excluding carboxylic acids is 2. The SMILES string of the molecule is CC(C)c1ccc(CCN(C)S(=O)(=O)c2cc(C(=N)NC(=O)OCC3CCCO3)ccc2OC(=O)OCC2CCCO2)cc1. The standard InChI is InChI=1S/C31H41N3O9S/c1-21(2)23-10-8-22(9-11-23)14-15-34(3)44(37,38)28-18-24(29(32)33-30(35)41-19-25-6-4-16-39-25)12-13-27(28)43-31(36)42-20-26-7-5-17-40-26/h8-13,18,21,25-26H,4-7,14-17,19-20H2,1-3H3,(H2,32,33,35). The fourth-order valence-corrected chi connectivity index (χ4v) is 6.11. The molecule has 0 bridgehead atoms. The Labute approximate surface area is 258 Å². The molecule has 2 aliphatic rings. The Hall–Kier alpha value is -3.52. The minimum atomic E-state index is -4.22. The molecule has 2 N–H and O–H groups in total. The van der Waals surface area contributed by atoms with Crippen LogP contribution >= 0.6 is 0 Å². The summed E-state index contributed by atoms with van der Waals surface area (Å²) in [6, 6.07) is 11.8. The molecule has 2 atom stereocenters. The minimum Gasteiger partial charge on any atom is -0.447 e. The van der Waals surface area contributed by atoms with Gasteiger partial charge in [0.15, 0.2) is 5.75 Å². The van der Waals surface area contributed by atoms with Crippen LogP contribution in [0, 0.1) is 5.41 Å². The van der Waals surface area contributed by atoms with Crippen LogP contribution in [-0.2, 0) is 35.4 Å². The molecule has 12 nitrogen and oxygen atoms in total. The maximum absolute atomic E-state index is 13.8. The number of hydrogen-bond acceptors (Lipinski definition) is 10. The van der Waals surface area contributed by atoms with Crippen molar-refractivity contribution < 1.29 is 41.7 Å². The van der Waals surface area contributed by atoms with Gasteiger partial charge in [0.05, 0.1) is 12.2 Å². The van der Waals surface area contributed by atoms with Crippen molar-refractivity contribution in [2.45, 2.75) is 69.0 Å². The maximum Gasteiger partial charge on any atom is 0.513 e. The number of ether oxygens (including phenoxy) is 5. The fourth-order valence-electron chi connectivity index (χ4n) is 4.80. The predicted octanol–water partition coefficient (Wildman–Crippen LogP) is 4.60. The van der Waals surface area contributed by atoms with Crippen LogP contribution in [0.3, 0.4) is 0 Å². The third-order valence-corrected chi connectivity index (χ3v) is 9.42. The second-order valence-electron chi connectivity index (χ2n) is 11.2. The maximum atomic E-state index is 13.8. The summed E-state index contributed by atoms with van der Waals surface area (Å²) in [4.78, 5) is 24.4. The first-order valence-corrected chi connectivity index (χ1v) is 16.3. The van der Waals surface area contributed by atoms with E-state index in [0.717, 1.165) is 35.6 Å². The smallest absolute Gasteiger partial charge is 0.447 e. The summed E-state index contributed by atoms with van der Waals surface area (Å²) >= 11 is 0. The van der Waals surface area contributed by atoms with Crippen LogP contribution in [0.25, 0.3) is 0 Å². The molecular formula is C31H41N3O9S. The molecule has 2 aromatic rings. The Kier molecular flexibility index (Phi) is 11.7. The first kappa shape index (κ1) is 33.4. The lowest BCUT2D eigenvalue weighted by Crippen LogP contribution is -2.33. The number of nitrogens with zero attached hydrogens (tertiary/aromatic N) is 1. The van der Waals surface area contributed by atoms with E-state index in [1.54, 1.807) is 0 Å². The van der Waals surface area contributed by atoms with Crippen LogP contribution in [0.2, 0.25) is 0 Å². The van der Waals surface area contributed by atoms with Crippen LogP contribution in [-0.4, -0.2) is 83.0 Å². The van der Waals surface area contributed by atoms with Crippen LogP contribution in [0.4, 0.5) is 9.59 Å². The summed E-state index contributed by atoms with van der Waals surface area (Å²) in [6.07, 6.45) is 1.35. The van der Waals surface area contributed by atoms with Gasteiger partial charge in [0, 0.05) is 32.4 Å². The number of benzene rings is 2. The Morgan fingerprint density at radius 1 is 1.00 bits per heavy atom. The van der Waals surface area contributed by atoms with Gasteiger partial charge in [-0.15, -0.1) is 0 Å². The van der Waals surface area contributed by atoms with Gasteiger partial charge in [-0.05, 0) is 67.3 Å². The molecule has 0 radical (unpaired) electrons. The van der Waals surface area contributed by atoms with Gasteiger partial charge >= 0.3 is 12.2 Å². The van der Waals surface area contributed by atoms with Gasteiger partial charge in [0.25, 0.3) is 0 Å². The molecule has 2 saturated heterocycles. The third-order valence-electron chi connectivity index (χ3n) is 7.54. The van der Waals surface area contributed by atoms with Crippen molar-refractivity contribution >= 4 is 28.1 Å². The highest BCUT2D eigenvalue weighted by Crippen LogP contribution is 2.29. The Morgan fingerprint density at radius 3 is 2.23 bits per heavy atom. The van der Waals surface area contributed by atoms with E-state index in [2.05, 4.69) is 19.2 Å². The molecule has 2 unspecified atom stereocenters. The highest BCUT2D eigenvalue weighted by Gasteiger charge is 2.28. The summed E-state index contributed by atoms with van der Waals surface area (Å²) in [5.74, 6) is -0.279. The number of amides is 1. The van der Waals surface area contributed by atoms with Gasteiger partial charge in [-0.1, -0.05) is 38.1 Å². The number of likely N-dealkylation sites (N-methyl/N-ethyl adjacent to an activating group) is 1. The lowest BCUT2D eigenvalue weighted by atomic mass is 10.0. The monoisotopic (exact) mass is 631 g/mol. The summed E-state index contributed by atoms with van der Waals surface area (Å²) in [5.41, 5.74) is 2.22. The van der Waals surface area contributed by atoms with E-state index < -0.39 is 22.3 Å². The lowest BCUT2D eigenvalue weighted by molar-refractivity contribution is 0.0270. The van der Waals surface area contributed by atoms with E-state index in [0.29, 0.717) is 25.6 Å². The number of amidine groups is 1. The van der Waals surface area contributed by atoms with E-state index in [9.17, 15) is 18.0 Å². The quantitative estimate of drug-likeness (QED) is 0.148. The topological polar surface area (TPSA) is 154 Å². The fraction of sp³-hybridized carbons (Fsp3) is 0.516. The molecule has 0 aliphatic carbocycles. The Balaban J connectivity index is 1.48. The zero-order chi connectivity index (χ0) is 31.7. The first-order valence-electron chi connectivity index (χ1n) is 14.8. The van der Waals surface area contributed by atoms with Crippen LogP contribution in [0.15, 0.2) is 47.4 Å². The van der Waals surface area contributed by atoms with Gasteiger partial charge in [-0.25, -0.2) is 22.3 Å². The molecule has 0 spiro atoms. The van der Waals surface area contributed by atoms with Crippen molar-refractivity contribution in [3.8, 4) is 5.75 Å². The summed E-state index contributed by atoms with van der Waals surface area (Å²) in [7, 11) is -2.80. The van der Waals surface area contributed by atoms with Crippen molar-refractivity contribution in [3.63, 3.8) is 0 Å². The van der Waals surface area contributed by atoms with Crippen molar-refractivity contribution in [3.05, 3.63) is 59.2 Å². The highest BCUT2D eigenvalue weighted by molar-refractivity contribution is 7.89. The molecular weight excluding hydrogens is 590 g/mol. The van der Waals surface area contributed by atoms with Gasteiger partial charge in [0.2, 0.25) is 10.0 Å². The molecule has 240 valence electrons. The second kappa shape index (κ2) is 15.5. The predicted molar refractivity (Wildman–Crippen MR) is 162 cm³/mol. The molecule has 2 aromatic carbocycles. The van der Waals surface area contributed by atoms with E-state index in [1.165, 1.54) is 30.8 Å². The van der Waals surface area contributed by atoms with Crippen molar-refractivity contribution in [2.24, 2.45) is 0 Å². The van der Waals surface area contributed by atoms with Crippen LogP contribution in [0.1, 0.15) is 62.1 Å². The zero-order valence-electron chi connectivity index (χ0n) is 25.4. The van der Waals surface area contributed by atoms with Crippen molar-refractivity contribution in [1.29, 1.82) is 5.41 Å². The molecule has 2 aliphatic heterocycles. The summed E-state index contributed by atoms with van der Waals surface area (Å²) < 4.78 is 55.3. The average molecular weight is 632 g/mol. The number of carbonyl (C=O) groups is 2. The molecule has 2 fully saturated rings. The van der Waals surface area contributed by atoms with Crippen molar-refractivity contribution in [1.82, 2.24) is 9.62 Å². The highest BCUT2D eigenvalue weighted by atomic mass is 32.2. The number of rotatable bonds is 12. The van der Waals surface area contributed by atoms with Gasteiger partial charge in [-0.2, -0.15) is 0 Å². The van der Waals surface area contributed by atoms with Gasteiger partial charge in [0.1, 0.15) is 23.9 Å². The van der Waals surface area contributed by atoms with Crippen molar-refractivity contribution in [2.75, 3.05) is 40.0 Å². The molecule has 0 aromatic heterocycles. The third kappa shape index (κ3) is 9.24. The largest absolute Gasteiger partial charge is 0.513 e. The summed E-state index contributed by atoms with van der Waals surface area (Å²) in [5, 5.41) is 10.7. The number of sulfonamides is 1. The van der Waals surface area contributed by atoms with Crippen LogP contribution in [0.5, 0.6) is 5.75 Å². The van der Waals surface area contributed by atoms with E-state index in [-0.39, 0.29) is 54.0 Å². The number of nitrogens with one attached hydrogen (secondary N) is 2. The minimum absolute atomic E-state index is 0.0168. The second-order valence-corrected chi connectivity index (χ2v) is 13.2. The van der Waals surface area contributed by atoms with E-state index >= 15 is 0 Å². The van der Waals surface area contributed by atoms with E-state index in [1.807, 2.05) is 24.3 Å². The first-order chi connectivity index (χ1) is 21.0. The van der Waals surface area contributed by atoms with E-state index in [4.69, 9.17) is 29.1 Å². The lowest BCUT2D eigenvalue weighted by Gasteiger charge is -2.20. The van der Waals surface area contributed by atoms with Crippen LogP contribution < -0.4 is 10.1 Å². The van der Waals surface area contributed by atoms with Gasteiger partial charge < -0.3 is 23.7 Å².